The molecule has 1 aliphatic rings. The molecule has 11 nitrogen and oxygen atoms in total. The van der Waals surface area contributed by atoms with Gasteiger partial charge in [0.1, 0.15) is 17.2 Å². The lowest BCUT2D eigenvalue weighted by atomic mass is 10.0. The molecule has 0 radical (unpaired) electrons. The van der Waals surface area contributed by atoms with E-state index in [0.717, 1.165) is 42.1 Å². The average Bonchev–Trinajstić information content (AvgIpc) is 3.67. The molecule has 1 aromatic carbocycles. The Morgan fingerprint density at radius 3 is 2.86 bits per heavy atom. The maximum Gasteiger partial charge on any atom is 0.246 e. The first-order valence-electron chi connectivity index (χ1n) is 13.3. The quantitative estimate of drug-likeness (QED) is 0.226. The van der Waals surface area contributed by atoms with Gasteiger partial charge in [0.15, 0.2) is 23.1 Å². The van der Waals surface area contributed by atoms with Gasteiger partial charge in [-0.25, -0.2) is 23.4 Å². The lowest BCUT2D eigenvalue weighted by Crippen LogP contribution is -2.33. The number of nitrogens with one attached hydrogen (secondary N) is 2. The van der Waals surface area contributed by atoms with Crippen molar-refractivity contribution >= 4 is 64.4 Å². The molecule has 0 saturated carbocycles. The summed E-state index contributed by atoms with van der Waals surface area (Å²) in [6, 6.07) is 5.64. The molecule has 16 heteroatoms. The van der Waals surface area contributed by atoms with Crippen molar-refractivity contribution in [1.29, 1.82) is 0 Å². The standard InChI is InChI=1S/C27H28F2N10OS.2ClH/c1-16-5-4-8-37(11-16)13-18-9-24(41-35-18)33-26-27-30-10-22(39(27)12-17(2)31-26)21-14-38(36-34-21)15-23(40)32-20-7-3-6-19(28)25(20)29;;/h3,6-7,9-10,12,14,16H,4-5,8,11,13,15H2,1-2H3,(H,31,33)(H,32,40);2*1H. The van der Waals surface area contributed by atoms with Crippen LogP contribution in [0.5, 0.6) is 0 Å². The number of likely N-dealkylation sites (tertiary alicyclic amines) is 1. The van der Waals surface area contributed by atoms with Crippen molar-refractivity contribution in [1.82, 2.24) is 38.6 Å². The molecule has 1 saturated heterocycles. The zero-order valence-corrected chi connectivity index (χ0v) is 25.8. The number of aromatic nitrogens is 7. The van der Waals surface area contributed by atoms with Crippen LogP contribution in [0.15, 0.2) is 42.9 Å². The van der Waals surface area contributed by atoms with Crippen LogP contribution in [0.4, 0.5) is 25.3 Å². The number of amides is 1. The van der Waals surface area contributed by atoms with Crippen molar-refractivity contribution in [3.63, 3.8) is 0 Å². The van der Waals surface area contributed by atoms with Gasteiger partial charge in [0.05, 0.1) is 35.2 Å². The van der Waals surface area contributed by atoms with Crippen LogP contribution < -0.4 is 10.6 Å². The van der Waals surface area contributed by atoms with Gasteiger partial charge >= 0.3 is 0 Å². The molecule has 43 heavy (non-hydrogen) atoms. The van der Waals surface area contributed by atoms with E-state index in [-0.39, 0.29) is 37.0 Å². The number of benzene rings is 1. The summed E-state index contributed by atoms with van der Waals surface area (Å²) in [7, 11) is 0. The largest absolute Gasteiger partial charge is 0.328 e. The molecule has 0 bridgehead atoms. The lowest BCUT2D eigenvalue weighted by Gasteiger charge is -2.30. The number of carbonyl (C=O) groups is 1. The summed E-state index contributed by atoms with van der Waals surface area (Å²) < 4.78 is 35.2. The number of carbonyl (C=O) groups excluding carboxylic acids is 1. The number of piperidine rings is 1. The van der Waals surface area contributed by atoms with Crippen molar-refractivity contribution in [2.75, 3.05) is 23.7 Å². The molecule has 2 N–H and O–H groups in total. The Bertz CT molecular complexity index is 1730. The van der Waals surface area contributed by atoms with Gasteiger partial charge in [-0.1, -0.05) is 18.2 Å². The molecule has 0 spiro atoms. The number of nitrogens with zero attached hydrogens (tertiary/aromatic N) is 8. The molecule has 5 heterocycles. The van der Waals surface area contributed by atoms with Gasteiger partial charge in [-0.05, 0) is 62.0 Å². The number of aryl methyl sites for hydroxylation is 1. The second kappa shape index (κ2) is 13.7. The Balaban J connectivity index is 0.00000212. The predicted molar refractivity (Wildman–Crippen MR) is 165 cm³/mol. The van der Waals surface area contributed by atoms with Crippen LogP contribution >= 0.6 is 36.3 Å². The normalized spacial score (nSPS) is 15.1. The van der Waals surface area contributed by atoms with E-state index >= 15 is 0 Å². The van der Waals surface area contributed by atoms with Gasteiger partial charge in [0, 0.05) is 19.3 Å². The Morgan fingerprint density at radius 2 is 2.05 bits per heavy atom. The molecule has 6 rings (SSSR count). The van der Waals surface area contributed by atoms with Gasteiger partial charge < -0.3 is 10.6 Å². The molecular weight excluding hydrogens is 621 g/mol. The van der Waals surface area contributed by atoms with E-state index in [1.165, 1.54) is 41.2 Å². The van der Waals surface area contributed by atoms with E-state index in [2.05, 4.69) is 53.2 Å². The molecule has 1 aliphatic heterocycles. The second-order valence-electron chi connectivity index (χ2n) is 10.3. The van der Waals surface area contributed by atoms with E-state index in [1.807, 2.05) is 17.5 Å². The third kappa shape index (κ3) is 7.26. The van der Waals surface area contributed by atoms with Gasteiger partial charge in [-0.15, -0.1) is 29.9 Å². The maximum absolute atomic E-state index is 13.9. The van der Waals surface area contributed by atoms with Gasteiger partial charge in [-0.3, -0.25) is 14.1 Å². The highest BCUT2D eigenvalue weighted by molar-refractivity contribution is 7.10. The van der Waals surface area contributed by atoms with Crippen molar-refractivity contribution in [3.8, 4) is 11.4 Å². The highest BCUT2D eigenvalue weighted by Crippen LogP contribution is 2.28. The van der Waals surface area contributed by atoms with Crippen molar-refractivity contribution in [2.45, 2.75) is 39.8 Å². The first-order valence-corrected chi connectivity index (χ1v) is 14.0. The summed E-state index contributed by atoms with van der Waals surface area (Å²) in [5.41, 5.74) is 3.28. The van der Waals surface area contributed by atoms with Crippen molar-refractivity contribution in [3.05, 3.63) is 65.9 Å². The summed E-state index contributed by atoms with van der Waals surface area (Å²) in [4.78, 5) is 24.1. The molecule has 5 aromatic rings. The highest BCUT2D eigenvalue weighted by Gasteiger charge is 2.19. The number of rotatable bonds is 8. The maximum atomic E-state index is 13.9. The zero-order chi connectivity index (χ0) is 28.5. The molecule has 1 unspecified atom stereocenters. The first-order chi connectivity index (χ1) is 19.8. The SMILES string of the molecule is Cc1cn2c(-c3cn(CC(=O)Nc4cccc(F)c4F)nn3)cnc2c(Nc2cc(CN3CCCC(C)C3)ns2)n1.Cl.Cl. The van der Waals surface area contributed by atoms with Crippen LogP contribution in [0.3, 0.4) is 0 Å². The third-order valence-corrected chi connectivity index (χ3v) is 7.61. The Morgan fingerprint density at radius 1 is 1.21 bits per heavy atom. The van der Waals surface area contributed by atoms with Gasteiger partial charge in [-0.2, -0.15) is 4.37 Å². The minimum Gasteiger partial charge on any atom is -0.328 e. The molecule has 1 fully saturated rings. The Kier molecular flexibility index (Phi) is 10.3. The minimum atomic E-state index is -1.12. The predicted octanol–water partition coefficient (Wildman–Crippen LogP) is 5.49. The Labute approximate surface area is 262 Å². The number of hydrogen-bond acceptors (Lipinski definition) is 9. The van der Waals surface area contributed by atoms with E-state index in [1.54, 1.807) is 12.4 Å². The van der Waals surface area contributed by atoms with Gasteiger partial charge in [0.2, 0.25) is 5.91 Å². The molecule has 1 amide bonds. The van der Waals surface area contributed by atoms with Crippen molar-refractivity contribution in [2.24, 2.45) is 5.92 Å². The average molecular weight is 652 g/mol. The number of fused-ring (bicyclic) bond motifs is 1. The number of hydrogen-bond donors (Lipinski definition) is 2. The fourth-order valence-electron chi connectivity index (χ4n) is 5.03. The first kappa shape index (κ1) is 32.2. The minimum absolute atomic E-state index is 0. The van der Waals surface area contributed by atoms with Crippen LogP contribution in [0.2, 0.25) is 0 Å². The second-order valence-corrected chi connectivity index (χ2v) is 11.1. The number of imidazole rings is 1. The van der Waals surface area contributed by atoms with Crippen LogP contribution in [-0.2, 0) is 17.9 Å². The topological polar surface area (TPSA) is 118 Å². The third-order valence-electron chi connectivity index (χ3n) is 6.87. The molecule has 228 valence electrons. The van der Waals surface area contributed by atoms with E-state index in [9.17, 15) is 13.6 Å². The van der Waals surface area contributed by atoms with Crippen LogP contribution in [0.1, 0.15) is 31.2 Å². The van der Waals surface area contributed by atoms with E-state index in [4.69, 9.17) is 0 Å². The summed E-state index contributed by atoms with van der Waals surface area (Å²) in [5.74, 6) is -1.44. The van der Waals surface area contributed by atoms with E-state index < -0.39 is 17.5 Å². The summed E-state index contributed by atoms with van der Waals surface area (Å²) in [5, 5.41) is 14.8. The monoisotopic (exact) mass is 650 g/mol. The van der Waals surface area contributed by atoms with Crippen LogP contribution in [0.25, 0.3) is 17.0 Å². The molecule has 0 aliphatic carbocycles. The fraction of sp³-hybridized carbons (Fsp3) is 0.333. The molecule has 4 aromatic heterocycles. The summed E-state index contributed by atoms with van der Waals surface area (Å²) >= 11 is 1.39. The number of anilines is 3. The molecular formula is C27H30Cl2F2N10OS. The van der Waals surface area contributed by atoms with Crippen LogP contribution in [-0.4, -0.2) is 57.6 Å². The highest BCUT2D eigenvalue weighted by atomic mass is 35.5. The fourth-order valence-corrected chi connectivity index (χ4v) is 5.69. The smallest absolute Gasteiger partial charge is 0.246 e. The summed E-state index contributed by atoms with van der Waals surface area (Å²) in [6.45, 7) is 6.97. The number of halogens is 4. The zero-order valence-electron chi connectivity index (χ0n) is 23.3. The molecule has 1 atom stereocenters. The van der Waals surface area contributed by atoms with Crippen LogP contribution in [0, 0.1) is 24.5 Å². The lowest BCUT2D eigenvalue weighted by molar-refractivity contribution is -0.117. The van der Waals surface area contributed by atoms with Crippen molar-refractivity contribution < 1.29 is 13.6 Å². The Hall–Kier alpha value is -3.72. The van der Waals surface area contributed by atoms with E-state index in [0.29, 0.717) is 28.8 Å². The van der Waals surface area contributed by atoms with Gasteiger partial charge in [0.25, 0.3) is 0 Å². The summed E-state index contributed by atoms with van der Waals surface area (Å²) in [6.07, 6.45) is 7.60.